The predicted molar refractivity (Wildman–Crippen MR) is 193 cm³/mol. The third-order valence-corrected chi connectivity index (χ3v) is 9.43. The summed E-state index contributed by atoms with van der Waals surface area (Å²) in [5.74, 6) is 3.33. The Labute approximate surface area is 274 Å². The van der Waals surface area contributed by atoms with Crippen LogP contribution in [0.1, 0.15) is 26.3 Å². The van der Waals surface area contributed by atoms with Crippen LogP contribution >= 0.6 is 0 Å². The number of rotatable bonds is 4. The highest BCUT2D eigenvalue weighted by molar-refractivity contribution is 6.98. The SMILES string of the molecule is CC(C)(C)c1ccc(N(c2cc3c4c(c2)Oc2ccccc2B4c2ccccc2O3)c2ccc3ccoc3c2-c2ccccc2)cc1. The number of anilines is 3. The summed E-state index contributed by atoms with van der Waals surface area (Å²) in [6, 6.07) is 46.7. The van der Waals surface area contributed by atoms with Crippen molar-refractivity contribution in [2.45, 2.75) is 26.2 Å². The molecule has 0 spiro atoms. The van der Waals surface area contributed by atoms with Crippen LogP contribution in [-0.4, -0.2) is 6.71 Å². The molecule has 2 aliphatic rings. The fourth-order valence-corrected chi connectivity index (χ4v) is 7.14. The zero-order valence-corrected chi connectivity index (χ0v) is 26.5. The van der Waals surface area contributed by atoms with E-state index in [1.165, 1.54) is 5.56 Å². The minimum atomic E-state index is 0.0165. The standard InChI is InChI=1S/C42H32BNO3/c1-42(2,3)29-18-20-30(21-19-29)44(34-22-17-28-23-24-45-41(28)39(34)27-11-5-4-6-12-27)31-25-37-40-38(26-31)47-36-16-10-8-14-33(36)43(40)32-13-7-9-15-35(32)46-37/h4-26H,1-3H3. The van der Waals surface area contributed by atoms with E-state index in [0.717, 1.165) is 78.5 Å². The quantitative estimate of drug-likeness (QED) is 0.186. The second kappa shape index (κ2) is 10.4. The number of hydrogen-bond acceptors (Lipinski definition) is 4. The molecule has 5 heteroatoms. The molecule has 7 aromatic rings. The molecule has 0 fully saturated rings. The maximum absolute atomic E-state index is 6.71. The van der Waals surface area contributed by atoms with Crippen LogP contribution in [0.2, 0.25) is 0 Å². The lowest BCUT2D eigenvalue weighted by atomic mass is 9.35. The molecule has 4 nitrogen and oxygen atoms in total. The first-order valence-electron chi connectivity index (χ1n) is 16.1. The monoisotopic (exact) mass is 609 g/mol. The van der Waals surface area contributed by atoms with Crippen LogP contribution < -0.4 is 30.8 Å². The van der Waals surface area contributed by atoms with E-state index < -0.39 is 0 Å². The number of para-hydroxylation sites is 2. The maximum atomic E-state index is 6.71. The Balaban J connectivity index is 1.31. The molecule has 3 heterocycles. The molecule has 0 aliphatic carbocycles. The molecular weight excluding hydrogens is 577 g/mol. The Morgan fingerprint density at radius 1 is 0.574 bits per heavy atom. The molecule has 0 unspecified atom stereocenters. The van der Waals surface area contributed by atoms with Gasteiger partial charge in [-0.05, 0) is 69.9 Å². The molecule has 0 saturated carbocycles. The zero-order chi connectivity index (χ0) is 31.7. The molecule has 0 atom stereocenters. The van der Waals surface area contributed by atoms with Crippen molar-refractivity contribution in [1.82, 2.24) is 0 Å². The Bertz CT molecular complexity index is 2230. The van der Waals surface area contributed by atoms with E-state index in [4.69, 9.17) is 13.9 Å². The highest BCUT2D eigenvalue weighted by atomic mass is 16.5. The fraction of sp³-hybridized carbons (Fsp3) is 0.0952. The largest absolute Gasteiger partial charge is 0.464 e. The lowest BCUT2D eigenvalue weighted by molar-refractivity contribution is 0.465. The van der Waals surface area contributed by atoms with Crippen molar-refractivity contribution in [3.8, 4) is 34.1 Å². The van der Waals surface area contributed by atoms with E-state index in [-0.39, 0.29) is 12.1 Å². The first-order chi connectivity index (χ1) is 22.9. The van der Waals surface area contributed by atoms with Gasteiger partial charge in [0.1, 0.15) is 28.6 Å². The van der Waals surface area contributed by atoms with Gasteiger partial charge in [-0.3, -0.25) is 0 Å². The highest BCUT2D eigenvalue weighted by Gasteiger charge is 2.40. The van der Waals surface area contributed by atoms with E-state index in [9.17, 15) is 0 Å². The van der Waals surface area contributed by atoms with Crippen LogP contribution in [0, 0.1) is 0 Å². The van der Waals surface area contributed by atoms with Gasteiger partial charge in [-0.1, -0.05) is 99.6 Å². The summed E-state index contributed by atoms with van der Waals surface area (Å²) in [5, 5.41) is 1.05. The van der Waals surface area contributed by atoms with Crippen LogP contribution in [0.5, 0.6) is 23.0 Å². The average Bonchev–Trinajstić information content (AvgIpc) is 3.57. The van der Waals surface area contributed by atoms with Gasteiger partial charge in [-0.25, -0.2) is 0 Å². The van der Waals surface area contributed by atoms with Gasteiger partial charge < -0.3 is 18.8 Å². The Kier molecular flexibility index (Phi) is 6.13. The molecule has 2 aliphatic heterocycles. The molecular formula is C42H32BNO3. The lowest BCUT2D eigenvalue weighted by Crippen LogP contribution is -2.57. The Morgan fingerprint density at radius 2 is 1.19 bits per heavy atom. The first kappa shape index (κ1) is 27.6. The Morgan fingerprint density at radius 3 is 1.83 bits per heavy atom. The topological polar surface area (TPSA) is 34.8 Å². The normalized spacial score (nSPS) is 12.9. The third kappa shape index (κ3) is 4.45. The van der Waals surface area contributed by atoms with Crippen molar-refractivity contribution >= 4 is 51.1 Å². The molecule has 0 amide bonds. The van der Waals surface area contributed by atoms with Crippen LogP contribution in [0.4, 0.5) is 17.1 Å². The van der Waals surface area contributed by atoms with Gasteiger partial charge in [0.2, 0.25) is 0 Å². The molecule has 9 rings (SSSR count). The molecule has 0 bridgehead atoms. The minimum absolute atomic E-state index is 0.0165. The van der Waals surface area contributed by atoms with Crippen molar-refractivity contribution in [3.63, 3.8) is 0 Å². The number of benzene rings is 6. The third-order valence-electron chi connectivity index (χ3n) is 9.43. The van der Waals surface area contributed by atoms with Crippen molar-refractivity contribution in [2.75, 3.05) is 4.90 Å². The zero-order valence-electron chi connectivity index (χ0n) is 26.5. The van der Waals surface area contributed by atoms with E-state index in [0.29, 0.717) is 0 Å². The second-order valence-electron chi connectivity index (χ2n) is 13.4. The van der Waals surface area contributed by atoms with E-state index in [1.54, 1.807) is 6.26 Å². The number of fused-ring (bicyclic) bond motifs is 5. The lowest BCUT2D eigenvalue weighted by Gasteiger charge is -2.35. The number of furan rings is 1. The molecule has 0 N–H and O–H groups in total. The van der Waals surface area contributed by atoms with E-state index >= 15 is 0 Å². The molecule has 0 radical (unpaired) electrons. The molecule has 0 saturated heterocycles. The Hall–Kier alpha value is -5.68. The predicted octanol–water partition coefficient (Wildman–Crippen LogP) is 9.59. The van der Waals surface area contributed by atoms with Crippen LogP contribution in [0.3, 0.4) is 0 Å². The van der Waals surface area contributed by atoms with Gasteiger partial charge in [-0.15, -0.1) is 0 Å². The van der Waals surface area contributed by atoms with Crippen molar-refractivity contribution < 1.29 is 13.9 Å². The maximum Gasteiger partial charge on any atom is 0.260 e. The summed E-state index contributed by atoms with van der Waals surface area (Å²) in [6.07, 6.45) is 1.77. The minimum Gasteiger partial charge on any atom is -0.464 e. The molecule has 6 aromatic carbocycles. The second-order valence-corrected chi connectivity index (χ2v) is 13.4. The van der Waals surface area contributed by atoms with Gasteiger partial charge in [-0.2, -0.15) is 0 Å². The summed E-state index contributed by atoms with van der Waals surface area (Å²) in [5.41, 5.74) is 10.6. The van der Waals surface area contributed by atoms with Gasteiger partial charge >= 0.3 is 0 Å². The van der Waals surface area contributed by atoms with Crippen LogP contribution in [0.25, 0.3) is 22.1 Å². The first-order valence-corrected chi connectivity index (χ1v) is 16.1. The van der Waals surface area contributed by atoms with Crippen LogP contribution in [0.15, 0.2) is 144 Å². The van der Waals surface area contributed by atoms with Crippen molar-refractivity contribution in [1.29, 1.82) is 0 Å². The summed E-state index contributed by atoms with van der Waals surface area (Å²) in [7, 11) is 0. The average molecular weight is 610 g/mol. The number of nitrogens with zero attached hydrogens (tertiary/aromatic N) is 1. The summed E-state index contributed by atoms with van der Waals surface area (Å²) in [6.45, 7) is 6.75. The van der Waals surface area contributed by atoms with Gasteiger partial charge in [0.05, 0.1) is 17.6 Å². The summed E-state index contributed by atoms with van der Waals surface area (Å²) < 4.78 is 19.6. The fourth-order valence-electron chi connectivity index (χ4n) is 7.14. The summed E-state index contributed by atoms with van der Waals surface area (Å²) >= 11 is 0. The van der Waals surface area contributed by atoms with E-state index in [1.807, 2.05) is 24.3 Å². The van der Waals surface area contributed by atoms with Gasteiger partial charge in [0.15, 0.2) is 0 Å². The molecule has 1 aromatic heterocycles. The van der Waals surface area contributed by atoms with E-state index in [2.05, 4.69) is 135 Å². The van der Waals surface area contributed by atoms with Crippen LogP contribution in [-0.2, 0) is 5.41 Å². The van der Waals surface area contributed by atoms with Crippen molar-refractivity contribution in [2.24, 2.45) is 0 Å². The molecule has 226 valence electrons. The van der Waals surface area contributed by atoms with Crippen molar-refractivity contribution in [3.05, 3.63) is 145 Å². The number of ether oxygens (including phenoxy) is 2. The summed E-state index contributed by atoms with van der Waals surface area (Å²) in [4.78, 5) is 2.30. The van der Waals surface area contributed by atoms with Gasteiger partial charge in [0, 0.05) is 34.2 Å². The number of hydrogen-bond donors (Lipinski definition) is 0. The van der Waals surface area contributed by atoms with Gasteiger partial charge in [0.25, 0.3) is 6.71 Å². The molecule has 47 heavy (non-hydrogen) atoms. The highest BCUT2D eigenvalue weighted by Crippen LogP contribution is 2.47. The smallest absolute Gasteiger partial charge is 0.260 e.